The Morgan fingerprint density at radius 2 is 1.71 bits per heavy atom. The largest absolute Gasteiger partial charge is 0.391 e. The molecule has 1 saturated carbocycles. The third kappa shape index (κ3) is 8.46. The molecule has 9 heteroatoms. The van der Waals surface area contributed by atoms with Gasteiger partial charge in [-0.15, -0.1) is 0 Å². The highest BCUT2D eigenvalue weighted by Crippen LogP contribution is 2.40. The first-order valence-electron chi connectivity index (χ1n) is 14.9. The van der Waals surface area contributed by atoms with Crippen molar-refractivity contribution >= 4 is 28.5 Å². The van der Waals surface area contributed by atoms with Crippen molar-refractivity contribution in [2.75, 3.05) is 6.54 Å². The van der Waals surface area contributed by atoms with Gasteiger partial charge in [-0.1, -0.05) is 67.8 Å². The number of halogens is 3. The number of hydrogen-bond donors (Lipinski definition) is 3. The molecule has 1 heterocycles. The molecule has 3 N–H and O–H groups in total. The van der Waals surface area contributed by atoms with Gasteiger partial charge in [-0.2, -0.15) is 13.2 Å². The minimum Gasteiger partial charge on any atom is -0.354 e. The van der Waals surface area contributed by atoms with Crippen LogP contribution in [0.5, 0.6) is 0 Å². The van der Waals surface area contributed by atoms with Crippen LogP contribution in [-0.2, 0) is 20.8 Å². The standard InChI is InChI=1S/C33H40F3N3O3/c1-22(40)11-4-2-7-18-29(39-31(41)24-14-10-15-25(21-24)33(34,35)36)32(42)37-20-19-27-26-16-8-9-17-28(26)38-30(27)23-12-5-3-6-13-23/h3,5-6,8-9,12-13,16-17,24-25,29,38H,2,4,7,10-11,14-15,18-21H2,1H3,(H,37,42)(H,39,41)/t24?,25?,29-/m0/s1. The molecule has 2 amide bonds. The number of H-pyrrole nitrogens is 1. The normalized spacial score (nSPS) is 18.0. The zero-order valence-corrected chi connectivity index (χ0v) is 24.1. The molecule has 3 aromatic rings. The van der Waals surface area contributed by atoms with Crippen molar-refractivity contribution < 1.29 is 27.6 Å². The van der Waals surface area contributed by atoms with Gasteiger partial charge in [0, 0.05) is 35.5 Å². The molecule has 0 saturated heterocycles. The van der Waals surface area contributed by atoms with Crippen LogP contribution in [0.4, 0.5) is 13.2 Å². The van der Waals surface area contributed by atoms with E-state index in [2.05, 4.69) is 15.6 Å². The van der Waals surface area contributed by atoms with Gasteiger partial charge in [-0.05, 0) is 62.6 Å². The number of ketones is 1. The molecule has 6 nitrogen and oxygen atoms in total. The van der Waals surface area contributed by atoms with Crippen LogP contribution in [0.25, 0.3) is 22.2 Å². The van der Waals surface area contributed by atoms with Gasteiger partial charge in [0.2, 0.25) is 11.8 Å². The second-order valence-electron chi connectivity index (χ2n) is 11.4. The molecule has 2 unspecified atom stereocenters. The minimum atomic E-state index is -4.33. The number of aromatic nitrogens is 1. The van der Waals surface area contributed by atoms with Crippen molar-refractivity contribution in [2.45, 2.75) is 83.4 Å². The number of Topliss-reactive ketones (excluding diaryl/α,β-unsaturated/α-hetero) is 1. The molecule has 2 aromatic carbocycles. The molecule has 226 valence electrons. The predicted octanol–water partition coefficient (Wildman–Crippen LogP) is 6.89. The van der Waals surface area contributed by atoms with Gasteiger partial charge in [0.05, 0.1) is 5.92 Å². The maximum atomic E-state index is 13.3. The number of aromatic amines is 1. The van der Waals surface area contributed by atoms with E-state index in [0.29, 0.717) is 57.9 Å². The van der Waals surface area contributed by atoms with E-state index in [9.17, 15) is 27.6 Å². The van der Waals surface area contributed by atoms with Gasteiger partial charge in [0.15, 0.2) is 0 Å². The van der Waals surface area contributed by atoms with E-state index in [1.54, 1.807) is 0 Å². The Hall–Kier alpha value is -3.62. The van der Waals surface area contributed by atoms with Crippen LogP contribution in [0.2, 0.25) is 0 Å². The van der Waals surface area contributed by atoms with Crippen LogP contribution < -0.4 is 10.6 Å². The van der Waals surface area contributed by atoms with Gasteiger partial charge >= 0.3 is 6.18 Å². The van der Waals surface area contributed by atoms with Crippen LogP contribution in [0.15, 0.2) is 54.6 Å². The van der Waals surface area contributed by atoms with E-state index >= 15 is 0 Å². The van der Waals surface area contributed by atoms with Crippen molar-refractivity contribution in [3.63, 3.8) is 0 Å². The Kier molecular flexibility index (Phi) is 10.8. The van der Waals surface area contributed by atoms with Gasteiger partial charge < -0.3 is 20.4 Å². The Labute approximate surface area is 244 Å². The number of para-hydroxylation sites is 1. The van der Waals surface area contributed by atoms with E-state index in [4.69, 9.17) is 0 Å². The molecular weight excluding hydrogens is 543 g/mol. The summed E-state index contributed by atoms with van der Waals surface area (Å²) >= 11 is 0. The summed E-state index contributed by atoms with van der Waals surface area (Å²) in [4.78, 5) is 41.2. The Morgan fingerprint density at radius 1 is 0.976 bits per heavy atom. The van der Waals surface area contributed by atoms with Gasteiger partial charge in [-0.3, -0.25) is 9.59 Å². The number of hydrogen-bond acceptors (Lipinski definition) is 3. The Bertz CT molecular complexity index is 1350. The first-order chi connectivity index (χ1) is 20.1. The number of amides is 2. The molecule has 0 aliphatic heterocycles. The molecular formula is C33H40F3N3O3. The summed E-state index contributed by atoms with van der Waals surface area (Å²) in [5.74, 6) is -3.00. The molecule has 0 spiro atoms. The van der Waals surface area contributed by atoms with Gasteiger partial charge in [0.1, 0.15) is 11.8 Å². The van der Waals surface area contributed by atoms with Crippen molar-refractivity contribution in [2.24, 2.45) is 11.8 Å². The van der Waals surface area contributed by atoms with Crippen molar-refractivity contribution in [1.29, 1.82) is 0 Å². The lowest BCUT2D eigenvalue weighted by Gasteiger charge is -2.30. The third-order valence-corrected chi connectivity index (χ3v) is 8.21. The molecule has 1 aliphatic carbocycles. The molecule has 1 aromatic heterocycles. The predicted molar refractivity (Wildman–Crippen MR) is 158 cm³/mol. The van der Waals surface area contributed by atoms with Gasteiger partial charge in [0.25, 0.3) is 0 Å². The van der Waals surface area contributed by atoms with Crippen LogP contribution in [0.3, 0.4) is 0 Å². The van der Waals surface area contributed by atoms with E-state index in [-0.39, 0.29) is 24.5 Å². The number of nitrogens with one attached hydrogen (secondary N) is 3. The molecule has 0 radical (unpaired) electrons. The fourth-order valence-corrected chi connectivity index (χ4v) is 5.93. The van der Waals surface area contributed by atoms with E-state index in [1.807, 2.05) is 54.6 Å². The summed E-state index contributed by atoms with van der Waals surface area (Å²) in [6, 6.07) is 17.1. The first kappa shape index (κ1) is 31.3. The Morgan fingerprint density at radius 3 is 2.45 bits per heavy atom. The quantitative estimate of drug-likeness (QED) is 0.192. The lowest BCUT2D eigenvalue weighted by molar-refractivity contribution is -0.186. The molecule has 1 fully saturated rings. The maximum Gasteiger partial charge on any atom is 0.391 e. The number of carbonyl (C=O) groups is 3. The van der Waals surface area contributed by atoms with Crippen LogP contribution in [0.1, 0.15) is 70.3 Å². The maximum absolute atomic E-state index is 13.3. The summed E-state index contributed by atoms with van der Waals surface area (Å²) in [5.41, 5.74) is 4.09. The second kappa shape index (κ2) is 14.5. The second-order valence-corrected chi connectivity index (χ2v) is 11.4. The highest BCUT2D eigenvalue weighted by atomic mass is 19.4. The minimum absolute atomic E-state index is 0.0339. The average molecular weight is 584 g/mol. The SMILES string of the molecule is CC(=O)CCCCC[C@H](NC(=O)C1CCCC(C(F)(F)F)C1)C(=O)NCCc1c(-c2ccccc2)[nH]c2ccccc12. The number of fused-ring (bicyclic) bond motifs is 1. The highest BCUT2D eigenvalue weighted by molar-refractivity contribution is 5.91. The number of rotatable bonds is 13. The fraction of sp³-hybridized carbons (Fsp3) is 0.485. The summed E-state index contributed by atoms with van der Waals surface area (Å²) in [7, 11) is 0. The van der Waals surface area contributed by atoms with Crippen molar-refractivity contribution in [1.82, 2.24) is 15.6 Å². The summed E-state index contributed by atoms with van der Waals surface area (Å²) in [6.07, 6.45) is -0.439. The van der Waals surface area contributed by atoms with Crippen LogP contribution >= 0.6 is 0 Å². The Balaban J connectivity index is 1.42. The van der Waals surface area contributed by atoms with Gasteiger partial charge in [-0.25, -0.2) is 0 Å². The van der Waals surface area contributed by atoms with E-state index in [0.717, 1.165) is 27.7 Å². The number of alkyl halides is 3. The smallest absolute Gasteiger partial charge is 0.354 e. The van der Waals surface area contributed by atoms with Crippen LogP contribution in [0, 0.1) is 11.8 Å². The topological polar surface area (TPSA) is 91.1 Å². The van der Waals surface area contributed by atoms with Crippen molar-refractivity contribution in [3.8, 4) is 11.3 Å². The summed E-state index contributed by atoms with van der Waals surface area (Å²) in [6.45, 7) is 1.86. The summed E-state index contributed by atoms with van der Waals surface area (Å²) < 4.78 is 40.0. The number of carbonyl (C=O) groups excluding carboxylic acids is 3. The zero-order chi connectivity index (χ0) is 30.1. The molecule has 42 heavy (non-hydrogen) atoms. The average Bonchev–Trinajstić information content (AvgIpc) is 3.34. The zero-order valence-electron chi connectivity index (χ0n) is 24.1. The van der Waals surface area contributed by atoms with Crippen LogP contribution in [-0.4, -0.2) is 41.3 Å². The molecule has 3 atom stereocenters. The number of unbranched alkanes of at least 4 members (excludes halogenated alkanes) is 2. The molecule has 1 aliphatic rings. The van der Waals surface area contributed by atoms with Crippen molar-refractivity contribution in [3.05, 3.63) is 60.2 Å². The lowest BCUT2D eigenvalue weighted by Crippen LogP contribution is -2.49. The molecule has 0 bridgehead atoms. The third-order valence-electron chi connectivity index (χ3n) is 8.21. The van der Waals surface area contributed by atoms with E-state index < -0.39 is 30.0 Å². The monoisotopic (exact) mass is 583 g/mol. The lowest BCUT2D eigenvalue weighted by atomic mass is 9.80. The highest BCUT2D eigenvalue weighted by Gasteiger charge is 2.43. The molecule has 4 rings (SSSR count). The number of benzene rings is 2. The fourth-order valence-electron chi connectivity index (χ4n) is 5.93. The van der Waals surface area contributed by atoms with E-state index in [1.165, 1.54) is 6.92 Å². The summed E-state index contributed by atoms with van der Waals surface area (Å²) in [5, 5.41) is 6.81. The first-order valence-corrected chi connectivity index (χ1v) is 14.9.